The molecule has 1 atom stereocenters. The smallest absolute Gasteiger partial charge is 0.416 e. The van der Waals surface area contributed by atoms with Crippen molar-refractivity contribution in [3.05, 3.63) is 70.3 Å². The molecule has 0 radical (unpaired) electrons. The SMILES string of the molecule is C/C1=C(\NC[C@H]2CCCO2)c2ccccc2C(c2ccc(C(F)(F)F)cc2O)=NCC1. The highest BCUT2D eigenvalue weighted by molar-refractivity contribution is 6.16. The lowest BCUT2D eigenvalue weighted by Crippen LogP contribution is -2.27. The number of rotatable bonds is 4. The first-order valence-electron chi connectivity index (χ1n) is 10.4. The monoisotopic (exact) mass is 430 g/mol. The molecule has 0 amide bonds. The van der Waals surface area contributed by atoms with Crippen LogP contribution in [0.1, 0.15) is 48.4 Å². The van der Waals surface area contributed by atoms with Gasteiger partial charge in [0, 0.05) is 42.1 Å². The first-order chi connectivity index (χ1) is 14.8. The van der Waals surface area contributed by atoms with Gasteiger partial charge in [0.1, 0.15) is 5.75 Å². The van der Waals surface area contributed by atoms with Crippen molar-refractivity contribution in [2.45, 2.75) is 38.5 Å². The zero-order valence-corrected chi connectivity index (χ0v) is 17.3. The molecule has 2 N–H and O–H groups in total. The van der Waals surface area contributed by atoms with Gasteiger partial charge in [0.15, 0.2) is 0 Å². The molecule has 0 bridgehead atoms. The highest BCUT2D eigenvalue weighted by Gasteiger charge is 2.32. The third-order valence-electron chi connectivity index (χ3n) is 5.75. The van der Waals surface area contributed by atoms with Crippen molar-refractivity contribution in [1.29, 1.82) is 0 Å². The number of aromatic hydroxyl groups is 1. The molecule has 4 rings (SSSR count). The number of nitrogens with one attached hydrogen (secondary N) is 1. The molecule has 0 aromatic heterocycles. The summed E-state index contributed by atoms with van der Waals surface area (Å²) in [6.45, 7) is 4.01. The lowest BCUT2D eigenvalue weighted by atomic mass is 9.91. The normalized spacial score (nSPS) is 21.8. The Morgan fingerprint density at radius 2 is 1.90 bits per heavy atom. The van der Waals surface area contributed by atoms with Gasteiger partial charge in [-0.2, -0.15) is 13.2 Å². The molecule has 4 nitrogen and oxygen atoms in total. The Morgan fingerprint density at radius 3 is 2.58 bits per heavy atom. The molecule has 164 valence electrons. The Morgan fingerprint density at radius 1 is 1.13 bits per heavy atom. The molecule has 2 aliphatic heterocycles. The maximum atomic E-state index is 13.0. The summed E-state index contributed by atoms with van der Waals surface area (Å²) in [5.41, 5.74) is 3.73. The van der Waals surface area contributed by atoms with Gasteiger partial charge in [-0.05, 0) is 50.0 Å². The average molecular weight is 430 g/mol. The van der Waals surface area contributed by atoms with Crippen molar-refractivity contribution >= 4 is 11.4 Å². The van der Waals surface area contributed by atoms with Gasteiger partial charge in [-0.1, -0.05) is 24.3 Å². The zero-order chi connectivity index (χ0) is 22.0. The van der Waals surface area contributed by atoms with Gasteiger partial charge >= 0.3 is 6.18 Å². The molecule has 0 spiro atoms. The van der Waals surface area contributed by atoms with Crippen LogP contribution in [0.3, 0.4) is 0 Å². The molecule has 1 fully saturated rings. The van der Waals surface area contributed by atoms with Gasteiger partial charge in [-0.15, -0.1) is 0 Å². The van der Waals surface area contributed by atoms with Crippen LogP contribution in [-0.4, -0.2) is 36.6 Å². The second kappa shape index (κ2) is 8.75. The number of halogens is 3. The number of benzene rings is 2. The van der Waals surface area contributed by atoms with E-state index in [0.717, 1.165) is 54.0 Å². The minimum Gasteiger partial charge on any atom is -0.507 e. The number of hydrogen-bond donors (Lipinski definition) is 2. The highest BCUT2D eigenvalue weighted by atomic mass is 19.4. The van der Waals surface area contributed by atoms with E-state index in [9.17, 15) is 18.3 Å². The third kappa shape index (κ3) is 4.61. The second-order valence-electron chi connectivity index (χ2n) is 7.93. The summed E-state index contributed by atoms with van der Waals surface area (Å²) in [5.74, 6) is -0.432. The Bertz CT molecular complexity index is 1020. The van der Waals surface area contributed by atoms with Crippen molar-refractivity contribution in [3.8, 4) is 5.75 Å². The minimum atomic E-state index is -4.52. The lowest BCUT2D eigenvalue weighted by molar-refractivity contribution is -0.137. The quantitative estimate of drug-likeness (QED) is 0.705. The van der Waals surface area contributed by atoms with E-state index in [-0.39, 0.29) is 6.10 Å². The van der Waals surface area contributed by atoms with Crippen molar-refractivity contribution in [3.63, 3.8) is 0 Å². The lowest BCUT2D eigenvalue weighted by Gasteiger charge is -2.23. The van der Waals surface area contributed by atoms with Crippen molar-refractivity contribution in [2.24, 2.45) is 4.99 Å². The first-order valence-corrected chi connectivity index (χ1v) is 10.4. The van der Waals surface area contributed by atoms with E-state index in [1.165, 1.54) is 6.07 Å². The number of phenolic OH excluding ortho intramolecular Hbond substituents is 1. The molecule has 0 saturated carbocycles. The fraction of sp³-hybridized carbons (Fsp3) is 0.375. The summed E-state index contributed by atoms with van der Waals surface area (Å²) in [7, 11) is 0. The zero-order valence-electron chi connectivity index (χ0n) is 17.3. The summed E-state index contributed by atoms with van der Waals surface area (Å²) in [5, 5.41) is 14.0. The Hall–Kier alpha value is -2.80. The highest BCUT2D eigenvalue weighted by Crippen LogP contribution is 2.35. The van der Waals surface area contributed by atoms with E-state index in [1.54, 1.807) is 0 Å². The van der Waals surface area contributed by atoms with Gasteiger partial charge < -0.3 is 15.2 Å². The number of aliphatic imine (C=N–C) groups is 1. The van der Waals surface area contributed by atoms with Crippen LogP contribution >= 0.6 is 0 Å². The molecule has 1 saturated heterocycles. The van der Waals surface area contributed by atoms with Gasteiger partial charge in [-0.25, -0.2) is 0 Å². The largest absolute Gasteiger partial charge is 0.507 e. The van der Waals surface area contributed by atoms with Crippen LogP contribution in [0.25, 0.3) is 5.70 Å². The minimum absolute atomic E-state index is 0.171. The summed E-state index contributed by atoms with van der Waals surface area (Å²) in [6, 6.07) is 10.7. The molecule has 0 unspecified atom stereocenters. The number of ether oxygens (including phenoxy) is 1. The Kier molecular flexibility index (Phi) is 6.05. The molecular weight excluding hydrogens is 405 g/mol. The molecule has 0 aliphatic carbocycles. The molecule has 31 heavy (non-hydrogen) atoms. The summed E-state index contributed by atoms with van der Waals surface area (Å²) in [6.07, 6.45) is -1.56. The predicted molar refractivity (Wildman–Crippen MR) is 114 cm³/mol. The van der Waals surface area contributed by atoms with Crippen LogP contribution in [0.5, 0.6) is 5.75 Å². The van der Waals surface area contributed by atoms with Crippen molar-refractivity contribution < 1.29 is 23.0 Å². The molecule has 2 aliphatic rings. The van der Waals surface area contributed by atoms with Crippen LogP contribution in [0.2, 0.25) is 0 Å². The number of phenols is 1. The van der Waals surface area contributed by atoms with Crippen LogP contribution in [0.15, 0.2) is 53.0 Å². The fourth-order valence-electron chi connectivity index (χ4n) is 4.09. The Balaban J connectivity index is 1.73. The number of fused-ring (bicyclic) bond motifs is 1. The topological polar surface area (TPSA) is 53.8 Å². The second-order valence-corrected chi connectivity index (χ2v) is 7.93. The van der Waals surface area contributed by atoms with Crippen molar-refractivity contribution in [2.75, 3.05) is 19.7 Å². The van der Waals surface area contributed by atoms with Gasteiger partial charge in [0.25, 0.3) is 0 Å². The first kappa shape index (κ1) is 21.4. The number of nitrogens with zero attached hydrogens (tertiary/aromatic N) is 1. The van der Waals surface area contributed by atoms with Crippen LogP contribution in [0.4, 0.5) is 13.2 Å². The Labute approximate surface area is 179 Å². The van der Waals surface area contributed by atoms with Crippen LogP contribution in [-0.2, 0) is 10.9 Å². The van der Waals surface area contributed by atoms with E-state index < -0.39 is 17.5 Å². The van der Waals surface area contributed by atoms with Gasteiger partial charge in [0.2, 0.25) is 0 Å². The number of alkyl halides is 3. The maximum Gasteiger partial charge on any atom is 0.416 e. The average Bonchev–Trinajstić information content (AvgIpc) is 3.24. The molecular formula is C24H25F3N2O2. The molecule has 7 heteroatoms. The number of hydrogen-bond acceptors (Lipinski definition) is 4. The predicted octanol–water partition coefficient (Wildman–Crippen LogP) is 5.15. The van der Waals surface area contributed by atoms with E-state index in [4.69, 9.17) is 4.74 Å². The van der Waals surface area contributed by atoms with E-state index in [0.29, 0.717) is 30.8 Å². The van der Waals surface area contributed by atoms with Crippen molar-refractivity contribution in [1.82, 2.24) is 5.32 Å². The van der Waals surface area contributed by atoms with Crippen LogP contribution < -0.4 is 5.32 Å². The van der Waals surface area contributed by atoms with Crippen LogP contribution in [0, 0.1) is 0 Å². The maximum absolute atomic E-state index is 13.0. The summed E-state index contributed by atoms with van der Waals surface area (Å²) < 4.78 is 44.9. The standard InChI is InChI=1S/C24H25F3N2O2/c1-15-10-11-28-23(20-9-8-16(13-21(20)30)24(25,26)27)19-7-3-2-6-18(19)22(15)29-14-17-5-4-12-31-17/h2-3,6-9,13,17,29-30H,4-5,10-12,14H2,1H3/b22-15+,28-23?/t17-/m1/s1. The van der Waals surface area contributed by atoms with E-state index in [2.05, 4.69) is 17.2 Å². The van der Waals surface area contributed by atoms with Gasteiger partial charge in [0.05, 0.1) is 17.4 Å². The summed E-state index contributed by atoms with van der Waals surface area (Å²) in [4.78, 5) is 4.66. The van der Waals surface area contributed by atoms with Gasteiger partial charge in [-0.3, -0.25) is 4.99 Å². The summed E-state index contributed by atoms with van der Waals surface area (Å²) >= 11 is 0. The van der Waals surface area contributed by atoms with E-state index in [1.807, 2.05) is 24.3 Å². The molecule has 2 aromatic rings. The molecule has 2 aromatic carbocycles. The fourth-order valence-corrected chi connectivity index (χ4v) is 4.09. The third-order valence-corrected chi connectivity index (χ3v) is 5.75. The molecule has 2 heterocycles. The van der Waals surface area contributed by atoms with E-state index >= 15 is 0 Å².